The molecule has 1 saturated heterocycles. The van der Waals surface area contributed by atoms with E-state index in [9.17, 15) is 35.7 Å². The lowest BCUT2D eigenvalue weighted by atomic mass is 9.79. The molecule has 0 unspecified atom stereocenters. The van der Waals surface area contributed by atoms with Gasteiger partial charge in [-0.05, 0) is 42.0 Å². The van der Waals surface area contributed by atoms with E-state index in [1.165, 1.54) is 30.3 Å². The number of benzene rings is 4. The fraction of sp³-hybridized carbons (Fsp3) is 0.200. The predicted octanol–water partition coefficient (Wildman–Crippen LogP) is 3.73. The molecule has 0 radical (unpaired) electrons. The van der Waals surface area contributed by atoms with Crippen LogP contribution in [0.25, 0.3) is 0 Å². The molecule has 10 nitrogen and oxygen atoms in total. The number of aliphatic hydroxyl groups is 1. The number of fused-ring (bicyclic) bond motifs is 3. The van der Waals surface area contributed by atoms with E-state index < -0.39 is 30.0 Å². The van der Waals surface area contributed by atoms with E-state index in [0.717, 1.165) is 12.1 Å². The number of phenolic OH excluding ortho intramolecular Hbond substituents is 6. The molecule has 0 bridgehead atoms. The summed E-state index contributed by atoms with van der Waals surface area (Å²) in [6.07, 6.45) is -2.75. The first-order valence-corrected chi connectivity index (χ1v) is 12.6. The molecule has 0 amide bonds. The van der Waals surface area contributed by atoms with Gasteiger partial charge in [-0.2, -0.15) is 0 Å². The third kappa shape index (κ3) is 3.50. The molecule has 0 saturated carbocycles. The molecule has 4 aromatic carbocycles. The van der Waals surface area contributed by atoms with Crippen molar-refractivity contribution in [2.45, 2.75) is 36.4 Å². The first-order chi connectivity index (χ1) is 19.2. The fourth-order valence-electron chi connectivity index (χ4n) is 5.91. The van der Waals surface area contributed by atoms with Crippen LogP contribution in [0.15, 0.2) is 66.7 Å². The van der Waals surface area contributed by atoms with Crippen LogP contribution in [0.4, 0.5) is 0 Å². The van der Waals surface area contributed by atoms with Crippen molar-refractivity contribution in [2.75, 3.05) is 0 Å². The van der Waals surface area contributed by atoms with Crippen molar-refractivity contribution in [3.05, 3.63) is 94.5 Å². The maximum atomic E-state index is 11.3. The number of aliphatic hydroxyl groups excluding tert-OH is 1. The van der Waals surface area contributed by atoms with Crippen molar-refractivity contribution in [3.8, 4) is 46.0 Å². The highest BCUT2D eigenvalue weighted by Gasteiger charge is 2.69. The van der Waals surface area contributed by atoms with Gasteiger partial charge in [-0.3, -0.25) is 0 Å². The second kappa shape index (κ2) is 8.35. The third-order valence-corrected chi connectivity index (χ3v) is 7.79. The third-order valence-electron chi connectivity index (χ3n) is 7.79. The van der Waals surface area contributed by atoms with Gasteiger partial charge in [0.15, 0.2) is 0 Å². The summed E-state index contributed by atoms with van der Waals surface area (Å²) in [4.78, 5) is 0. The first kappa shape index (κ1) is 24.3. The van der Waals surface area contributed by atoms with Crippen LogP contribution in [0.1, 0.15) is 39.8 Å². The van der Waals surface area contributed by atoms with Crippen molar-refractivity contribution in [3.63, 3.8) is 0 Å². The maximum absolute atomic E-state index is 11.3. The Hall–Kier alpha value is -4.80. The normalized spacial score (nSPS) is 26.0. The maximum Gasteiger partial charge on any atom is 0.265 e. The van der Waals surface area contributed by atoms with Crippen molar-refractivity contribution in [1.82, 2.24) is 0 Å². The molecule has 0 aliphatic carbocycles. The minimum absolute atomic E-state index is 0.00768. The van der Waals surface area contributed by atoms with Crippen LogP contribution in [0, 0.1) is 0 Å². The van der Waals surface area contributed by atoms with Crippen molar-refractivity contribution in [2.24, 2.45) is 0 Å². The van der Waals surface area contributed by atoms with Gasteiger partial charge in [0, 0.05) is 46.9 Å². The van der Waals surface area contributed by atoms with Crippen molar-refractivity contribution in [1.29, 1.82) is 0 Å². The van der Waals surface area contributed by atoms with Crippen LogP contribution in [0.5, 0.6) is 46.0 Å². The van der Waals surface area contributed by atoms with E-state index in [-0.39, 0.29) is 69.1 Å². The van der Waals surface area contributed by atoms with E-state index in [2.05, 4.69) is 0 Å². The van der Waals surface area contributed by atoms with Crippen LogP contribution in [-0.4, -0.2) is 48.0 Å². The monoisotopic (exact) mass is 544 g/mol. The van der Waals surface area contributed by atoms with Gasteiger partial charge in [0.1, 0.15) is 58.2 Å². The quantitative estimate of drug-likeness (QED) is 0.188. The summed E-state index contributed by atoms with van der Waals surface area (Å²) in [5.41, 5.74) is 1.80. The molecule has 40 heavy (non-hydrogen) atoms. The minimum atomic E-state index is -1.37. The van der Waals surface area contributed by atoms with Gasteiger partial charge < -0.3 is 50.0 Å². The standard InChI is InChI=1S/C30H24O10/c31-15-5-1-13(2-6-15)27-22(37)11-18-19(34)12-21(36)25(28(18)38-27)26-24-20(35)9-17(33)10-23(24)39-30(29(26)40-30)14-3-7-16(32)8-4-14/h1-10,12,22,26-27,29,31-37H,11H2/t22-,26+,27-,29+,30+/m1/s1. The van der Waals surface area contributed by atoms with Crippen LogP contribution in [-0.2, 0) is 16.9 Å². The molecule has 7 rings (SSSR count). The number of hydrogen-bond donors (Lipinski definition) is 7. The van der Waals surface area contributed by atoms with Gasteiger partial charge in [-0.15, -0.1) is 0 Å². The molecule has 3 aliphatic rings. The summed E-state index contributed by atoms with van der Waals surface area (Å²) in [5, 5.41) is 73.7. The second-order valence-corrected chi connectivity index (χ2v) is 10.2. The Kier molecular flexibility index (Phi) is 5.06. The van der Waals surface area contributed by atoms with E-state index in [1.54, 1.807) is 24.3 Å². The van der Waals surface area contributed by atoms with Crippen LogP contribution in [0.2, 0.25) is 0 Å². The van der Waals surface area contributed by atoms with Gasteiger partial charge in [0.05, 0.1) is 12.0 Å². The highest BCUT2D eigenvalue weighted by molar-refractivity contribution is 5.66. The highest BCUT2D eigenvalue weighted by atomic mass is 16.8. The lowest BCUT2D eigenvalue weighted by Gasteiger charge is -2.36. The molecule has 1 fully saturated rings. The molecule has 10 heteroatoms. The molecule has 0 spiro atoms. The summed E-state index contributed by atoms with van der Waals surface area (Å²) in [7, 11) is 0. The van der Waals surface area contributed by atoms with Crippen LogP contribution in [0.3, 0.4) is 0 Å². The lowest BCUT2D eigenvalue weighted by molar-refractivity contribution is 0.0186. The Balaban J connectivity index is 1.42. The van der Waals surface area contributed by atoms with Gasteiger partial charge in [-0.25, -0.2) is 0 Å². The minimum Gasteiger partial charge on any atom is -0.508 e. The number of aromatic hydroxyl groups is 6. The zero-order valence-electron chi connectivity index (χ0n) is 20.7. The van der Waals surface area contributed by atoms with E-state index >= 15 is 0 Å². The summed E-state index contributed by atoms with van der Waals surface area (Å²) in [6, 6.07) is 16.0. The Morgan fingerprint density at radius 3 is 2.05 bits per heavy atom. The van der Waals surface area contributed by atoms with Crippen LogP contribution < -0.4 is 9.47 Å². The average Bonchev–Trinajstić information content (AvgIpc) is 3.64. The molecule has 7 N–H and O–H groups in total. The van der Waals surface area contributed by atoms with Gasteiger partial charge in [0.2, 0.25) is 0 Å². The highest BCUT2D eigenvalue weighted by Crippen LogP contribution is 2.65. The summed E-state index contributed by atoms with van der Waals surface area (Å²) in [6.45, 7) is 0. The fourth-order valence-corrected chi connectivity index (χ4v) is 5.91. The number of ether oxygens (including phenoxy) is 3. The zero-order chi connectivity index (χ0) is 27.9. The van der Waals surface area contributed by atoms with Gasteiger partial charge in [0.25, 0.3) is 5.79 Å². The summed E-state index contributed by atoms with van der Waals surface area (Å²) >= 11 is 0. The Bertz CT molecular complexity index is 1650. The summed E-state index contributed by atoms with van der Waals surface area (Å²) in [5.74, 6) is -3.13. The number of rotatable bonds is 3. The van der Waals surface area contributed by atoms with E-state index in [4.69, 9.17) is 14.2 Å². The number of hydrogen-bond acceptors (Lipinski definition) is 10. The molecule has 0 aromatic heterocycles. The SMILES string of the molecule is Oc1ccc([C@H]2Oc3c(c(O)cc(O)c3[C@@H]3c4c(O)cc(O)cc4O[C@@]4(c5ccc(O)cc5)O[C@@H]34)C[C@H]2O)cc1. The smallest absolute Gasteiger partial charge is 0.265 e. The molecule has 5 atom stereocenters. The Labute approximate surface area is 227 Å². The molecular formula is C30H24O10. The Morgan fingerprint density at radius 1 is 0.700 bits per heavy atom. The molecule has 204 valence electrons. The largest absolute Gasteiger partial charge is 0.508 e. The Morgan fingerprint density at radius 2 is 1.35 bits per heavy atom. The molecule has 4 aromatic rings. The molecule has 3 heterocycles. The van der Waals surface area contributed by atoms with Gasteiger partial charge >= 0.3 is 0 Å². The van der Waals surface area contributed by atoms with E-state index in [1.807, 2.05) is 0 Å². The number of epoxide rings is 1. The number of phenols is 6. The zero-order valence-corrected chi connectivity index (χ0v) is 20.7. The molecule has 3 aliphatic heterocycles. The van der Waals surface area contributed by atoms with Crippen molar-refractivity contribution >= 4 is 0 Å². The van der Waals surface area contributed by atoms with Gasteiger partial charge in [-0.1, -0.05) is 12.1 Å². The van der Waals surface area contributed by atoms with Crippen molar-refractivity contribution < 1.29 is 50.0 Å². The van der Waals surface area contributed by atoms with E-state index in [0.29, 0.717) is 11.1 Å². The second-order valence-electron chi connectivity index (χ2n) is 10.2. The average molecular weight is 545 g/mol. The van der Waals surface area contributed by atoms with Crippen LogP contribution >= 0.6 is 0 Å². The predicted molar refractivity (Wildman–Crippen MR) is 138 cm³/mol. The first-order valence-electron chi connectivity index (χ1n) is 12.6. The molecular weight excluding hydrogens is 520 g/mol. The topological polar surface area (TPSA) is 173 Å². The lowest BCUT2D eigenvalue weighted by Crippen LogP contribution is -2.33. The summed E-state index contributed by atoms with van der Waals surface area (Å²) < 4.78 is 18.7.